The van der Waals surface area contributed by atoms with Crippen molar-refractivity contribution in [2.24, 2.45) is 5.73 Å². The molecule has 1 amide bonds. The summed E-state index contributed by atoms with van der Waals surface area (Å²) in [7, 11) is 0. The standard InChI is InChI=1S/C11H11N3O2/c1-6-2-3-8-9(13-6)4-7(5-10(12)15)11(16)14-8/h2-4H,5H2,1H3,(H2,12,15)(H,14,16). The number of hydrogen-bond acceptors (Lipinski definition) is 3. The highest BCUT2D eigenvalue weighted by Crippen LogP contribution is 2.09. The number of aromatic nitrogens is 2. The summed E-state index contributed by atoms with van der Waals surface area (Å²) in [5.74, 6) is -0.530. The van der Waals surface area contributed by atoms with Gasteiger partial charge in [-0.1, -0.05) is 0 Å². The molecule has 0 aliphatic carbocycles. The first-order valence-electron chi connectivity index (χ1n) is 4.84. The van der Waals surface area contributed by atoms with Crippen LogP contribution in [-0.2, 0) is 11.2 Å². The molecule has 5 nitrogen and oxygen atoms in total. The van der Waals surface area contributed by atoms with Gasteiger partial charge in [0, 0.05) is 11.3 Å². The summed E-state index contributed by atoms with van der Waals surface area (Å²) in [6, 6.07) is 5.20. The first-order chi connectivity index (χ1) is 7.56. The molecule has 2 aromatic rings. The van der Waals surface area contributed by atoms with E-state index in [9.17, 15) is 9.59 Å². The summed E-state index contributed by atoms with van der Waals surface area (Å²) < 4.78 is 0. The molecule has 3 N–H and O–H groups in total. The molecule has 0 fully saturated rings. The molecular formula is C11H11N3O2. The Labute approximate surface area is 91.3 Å². The zero-order valence-electron chi connectivity index (χ0n) is 8.78. The summed E-state index contributed by atoms with van der Waals surface area (Å²) in [6.45, 7) is 1.86. The highest BCUT2D eigenvalue weighted by Gasteiger charge is 2.06. The van der Waals surface area contributed by atoms with Crippen molar-refractivity contribution in [2.45, 2.75) is 13.3 Å². The zero-order valence-corrected chi connectivity index (χ0v) is 8.78. The highest BCUT2D eigenvalue weighted by molar-refractivity contribution is 5.79. The second-order valence-electron chi connectivity index (χ2n) is 3.65. The van der Waals surface area contributed by atoms with Crippen molar-refractivity contribution < 1.29 is 4.79 Å². The third kappa shape index (κ3) is 1.93. The Morgan fingerprint density at radius 3 is 2.94 bits per heavy atom. The average molecular weight is 217 g/mol. The van der Waals surface area contributed by atoms with E-state index in [2.05, 4.69) is 9.97 Å². The highest BCUT2D eigenvalue weighted by atomic mass is 16.1. The van der Waals surface area contributed by atoms with E-state index in [1.54, 1.807) is 12.1 Å². The van der Waals surface area contributed by atoms with Crippen LogP contribution in [0.1, 0.15) is 11.3 Å². The number of aromatic amines is 1. The second-order valence-corrected chi connectivity index (χ2v) is 3.65. The molecule has 2 aromatic heterocycles. The van der Waals surface area contributed by atoms with Gasteiger partial charge in [0.05, 0.1) is 17.5 Å². The van der Waals surface area contributed by atoms with Crippen LogP contribution in [0.15, 0.2) is 23.0 Å². The van der Waals surface area contributed by atoms with Crippen molar-refractivity contribution in [3.8, 4) is 0 Å². The number of fused-ring (bicyclic) bond motifs is 1. The molecule has 0 atom stereocenters. The smallest absolute Gasteiger partial charge is 0.252 e. The van der Waals surface area contributed by atoms with E-state index in [1.165, 1.54) is 0 Å². The molecule has 0 saturated heterocycles. The molecule has 0 saturated carbocycles. The molecule has 0 spiro atoms. The minimum Gasteiger partial charge on any atom is -0.369 e. The summed E-state index contributed by atoms with van der Waals surface area (Å²) in [6.07, 6.45) is -0.0686. The molecule has 0 aromatic carbocycles. The maximum absolute atomic E-state index is 11.6. The molecule has 0 aliphatic heterocycles. The second kappa shape index (κ2) is 3.77. The largest absolute Gasteiger partial charge is 0.369 e. The van der Waals surface area contributed by atoms with E-state index < -0.39 is 5.91 Å². The van der Waals surface area contributed by atoms with Crippen LogP contribution in [0, 0.1) is 6.92 Å². The SMILES string of the molecule is Cc1ccc2[nH]c(=O)c(CC(N)=O)cc2n1. The van der Waals surface area contributed by atoms with Gasteiger partial charge in [-0.2, -0.15) is 0 Å². The maximum atomic E-state index is 11.6. The lowest BCUT2D eigenvalue weighted by Gasteiger charge is -2.01. The van der Waals surface area contributed by atoms with Crippen molar-refractivity contribution in [2.75, 3.05) is 0 Å². The molecule has 2 rings (SSSR count). The molecule has 5 heteroatoms. The number of nitrogens with one attached hydrogen (secondary N) is 1. The van der Waals surface area contributed by atoms with Crippen molar-refractivity contribution in [1.82, 2.24) is 9.97 Å². The monoisotopic (exact) mass is 217 g/mol. The number of nitrogens with two attached hydrogens (primary N) is 1. The van der Waals surface area contributed by atoms with Gasteiger partial charge >= 0.3 is 0 Å². The van der Waals surface area contributed by atoms with Gasteiger partial charge in [-0.3, -0.25) is 14.6 Å². The Morgan fingerprint density at radius 1 is 1.50 bits per heavy atom. The van der Waals surface area contributed by atoms with Gasteiger partial charge in [-0.05, 0) is 25.1 Å². The van der Waals surface area contributed by atoms with Crippen molar-refractivity contribution >= 4 is 16.9 Å². The van der Waals surface area contributed by atoms with Gasteiger partial charge in [0.15, 0.2) is 0 Å². The van der Waals surface area contributed by atoms with Crippen LogP contribution >= 0.6 is 0 Å². The molecular weight excluding hydrogens is 206 g/mol. The Bertz CT molecular complexity index is 616. The molecule has 0 unspecified atom stereocenters. The number of nitrogens with zero attached hydrogens (tertiary/aromatic N) is 1. The third-order valence-electron chi connectivity index (χ3n) is 2.28. The zero-order chi connectivity index (χ0) is 11.7. The van der Waals surface area contributed by atoms with Gasteiger partial charge in [0.2, 0.25) is 5.91 Å². The van der Waals surface area contributed by atoms with Crippen LogP contribution in [0.5, 0.6) is 0 Å². The number of hydrogen-bond donors (Lipinski definition) is 2. The fraction of sp³-hybridized carbons (Fsp3) is 0.182. The third-order valence-corrected chi connectivity index (χ3v) is 2.28. The summed E-state index contributed by atoms with van der Waals surface area (Å²) in [5, 5.41) is 0. The number of carbonyl (C=O) groups is 1. The topological polar surface area (TPSA) is 88.8 Å². The van der Waals surface area contributed by atoms with Crippen LogP contribution in [0.4, 0.5) is 0 Å². The normalized spacial score (nSPS) is 10.6. The van der Waals surface area contributed by atoms with E-state index in [1.807, 2.05) is 13.0 Å². The van der Waals surface area contributed by atoms with E-state index >= 15 is 0 Å². The predicted octanol–water partition coefficient (Wildman–Crippen LogP) is 0.259. The molecule has 0 radical (unpaired) electrons. The number of primary amides is 1. The lowest BCUT2D eigenvalue weighted by atomic mass is 10.1. The van der Waals surface area contributed by atoms with Crippen LogP contribution in [0.2, 0.25) is 0 Å². The van der Waals surface area contributed by atoms with Crippen LogP contribution in [-0.4, -0.2) is 15.9 Å². The Morgan fingerprint density at radius 2 is 2.25 bits per heavy atom. The summed E-state index contributed by atoms with van der Waals surface area (Å²) in [4.78, 5) is 29.3. The van der Waals surface area contributed by atoms with Gasteiger partial charge in [0.1, 0.15) is 0 Å². The number of carbonyl (C=O) groups excluding carboxylic acids is 1. The maximum Gasteiger partial charge on any atom is 0.252 e. The Balaban J connectivity index is 2.64. The fourth-order valence-corrected chi connectivity index (χ4v) is 1.54. The lowest BCUT2D eigenvalue weighted by molar-refractivity contribution is -0.117. The van der Waals surface area contributed by atoms with Gasteiger partial charge in [-0.25, -0.2) is 0 Å². The van der Waals surface area contributed by atoms with E-state index in [4.69, 9.17) is 5.73 Å². The lowest BCUT2D eigenvalue weighted by Crippen LogP contribution is -2.21. The fourth-order valence-electron chi connectivity index (χ4n) is 1.54. The van der Waals surface area contributed by atoms with Gasteiger partial charge in [0.25, 0.3) is 5.56 Å². The number of aryl methyl sites for hydroxylation is 1. The number of amides is 1. The van der Waals surface area contributed by atoms with Gasteiger partial charge < -0.3 is 10.7 Å². The number of H-pyrrole nitrogens is 1. The van der Waals surface area contributed by atoms with Crippen LogP contribution < -0.4 is 11.3 Å². The quantitative estimate of drug-likeness (QED) is 0.756. The average Bonchev–Trinajstić information content (AvgIpc) is 2.19. The molecule has 16 heavy (non-hydrogen) atoms. The molecule has 0 bridgehead atoms. The predicted molar refractivity (Wildman–Crippen MR) is 60.0 cm³/mol. The number of pyridine rings is 2. The van der Waals surface area contributed by atoms with E-state index in [-0.39, 0.29) is 12.0 Å². The molecule has 82 valence electrons. The van der Waals surface area contributed by atoms with Crippen LogP contribution in [0.3, 0.4) is 0 Å². The summed E-state index contributed by atoms with van der Waals surface area (Å²) >= 11 is 0. The number of rotatable bonds is 2. The molecule has 0 aliphatic rings. The van der Waals surface area contributed by atoms with E-state index in [0.29, 0.717) is 16.6 Å². The van der Waals surface area contributed by atoms with Crippen molar-refractivity contribution in [3.63, 3.8) is 0 Å². The minimum absolute atomic E-state index is 0.0686. The Kier molecular flexibility index (Phi) is 2.44. The Hall–Kier alpha value is -2.17. The van der Waals surface area contributed by atoms with E-state index in [0.717, 1.165) is 5.69 Å². The van der Waals surface area contributed by atoms with Crippen molar-refractivity contribution in [1.29, 1.82) is 0 Å². The summed E-state index contributed by atoms with van der Waals surface area (Å²) in [5.41, 5.74) is 7.28. The van der Waals surface area contributed by atoms with Crippen LogP contribution in [0.25, 0.3) is 11.0 Å². The molecule has 2 heterocycles. The van der Waals surface area contributed by atoms with Gasteiger partial charge in [-0.15, -0.1) is 0 Å². The minimum atomic E-state index is -0.530. The van der Waals surface area contributed by atoms with Crippen molar-refractivity contribution in [3.05, 3.63) is 39.8 Å². The first-order valence-corrected chi connectivity index (χ1v) is 4.84. The first kappa shape index (κ1) is 10.4.